The topological polar surface area (TPSA) is 64.1 Å². The van der Waals surface area contributed by atoms with E-state index in [-0.39, 0.29) is 24.7 Å². The van der Waals surface area contributed by atoms with Gasteiger partial charge in [0.25, 0.3) is 10.0 Å². The minimum Gasteiger partial charge on any atom is -0.376 e. The second-order valence-electron chi connectivity index (χ2n) is 10.1. The van der Waals surface area contributed by atoms with Gasteiger partial charge in [0.15, 0.2) is 5.60 Å². The molecule has 4 atom stereocenters. The van der Waals surface area contributed by atoms with Crippen LogP contribution in [0.25, 0.3) is 0 Å². The molecule has 0 saturated carbocycles. The maximum absolute atomic E-state index is 13.3. The lowest BCUT2D eigenvalue weighted by Crippen LogP contribution is -2.60. The number of alkyl halides is 3. The Labute approximate surface area is 215 Å². The molecule has 0 spiro atoms. The number of rotatable bonds is 6. The number of piperidine rings is 1. The summed E-state index contributed by atoms with van der Waals surface area (Å²) >= 11 is 1.19. The van der Waals surface area contributed by atoms with Gasteiger partial charge in [0.1, 0.15) is 4.21 Å². The molecule has 2 aromatic rings. The van der Waals surface area contributed by atoms with Gasteiger partial charge in [-0.2, -0.15) is 17.5 Å². The van der Waals surface area contributed by atoms with Crippen molar-refractivity contribution in [3.05, 3.63) is 47.3 Å². The van der Waals surface area contributed by atoms with Crippen molar-refractivity contribution in [1.82, 2.24) is 9.21 Å². The third kappa shape index (κ3) is 5.31. The molecule has 1 N–H and O–H groups in total. The van der Waals surface area contributed by atoms with Gasteiger partial charge in [-0.1, -0.05) is 24.6 Å². The minimum atomic E-state index is -4.79. The van der Waals surface area contributed by atoms with E-state index < -0.39 is 21.8 Å². The van der Waals surface area contributed by atoms with Crippen LogP contribution in [0.15, 0.2) is 46.0 Å². The lowest BCUT2D eigenvalue weighted by molar-refractivity contribution is -0.258. The fourth-order valence-corrected chi connectivity index (χ4v) is 7.91. The molecule has 4 rings (SSSR count). The summed E-state index contributed by atoms with van der Waals surface area (Å²) in [5.41, 5.74) is -2.46. The average Bonchev–Trinajstić information content (AvgIpc) is 3.37. The molecular formula is C25H34F3N3O3S2. The van der Waals surface area contributed by atoms with Crippen molar-refractivity contribution in [1.29, 1.82) is 0 Å². The van der Waals surface area contributed by atoms with Crippen molar-refractivity contribution < 1.29 is 26.7 Å². The van der Waals surface area contributed by atoms with Crippen LogP contribution >= 0.6 is 11.3 Å². The zero-order valence-corrected chi connectivity index (χ0v) is 22.4. The Kier molecular flexibility index (Phi) is 7.79. The monoisotopic (exact) mass is 545 g/mol. The highest BCUT2D eigenvalue weighted by Crippen LogP contribution is 2.39. The summed E-state index contributed by atoms with van der Waals surface area (Å²) in [5.74, 6) is 0. The Bertz CT molecular complexity index is 1110. The third-order valence-electron chi connectivity index (χ3n) is 7.65. The molecule has 3 heterocycles. The first-order valence-electron chi connectivity index (χ1n) is 12.3. The van der Waals surface area contributed by atoms with Crippen molar-refractivity contribution in [2.24, 2.45) is 0 Å². The van der Waals surface area contributed by atoms with Crippen LogP contribution in [0.5, 0.6) is 0 Å². The molecule has 0 aliphatic carbocycles. The Balaban J connectivity index is 1.62. The first kappa shape index (κ1) is 27.4. The van der Waals surface area contributed by atoms with Crippen LogP contribution in [0.4, 0.5) is 18.9 Å². The zero-order valence-electron chi connectivity index (χ0n) is 20.8. The van der Waals surface area contributed by atoms with E-state index >= 15 is 0 Å². The Morgan fingerprint density at radius 1 is 1.06 bits per heavy atom. The number of piperazine rings is 1. The minimum absolute atomic E-state index is 0.175. The maximum atomic E-state index is 13.3. The lowest BCUT2D eigenvalue weighted by atomic mass is 9.94. The molecule has 2 unspecified atom stereocenters. The number of thiophene rings is 1. The van der Waals surface area contributed by atoms with Gasteiger partial charge in [-0.15, -0.1) is 11.3 Å². The number of aliphatic hydroxyl groups is 1. The predicted molar refractivity (Wildman–Crippen MR) is 136 cm³/mol. The number of nitrogens with zero attached hydrogens (tertiary/aromatic N) is 3. The van der Waals surface area contributed by atoms with Crippen LogP contribution in [0, 0.1) is 0 Å². The predicted octanol–water partition coefficient (Wildman–Crippen LogP) is 4.66. The summed E-state index contributed by atoms with van der Waals surface area (Å²) in [5, 5.41) is 11.8. The van der Waals surface area contributed by atoms with E-state index in [1.807, 2.05) is 0 Å². The molecular weight excluding hydrogens is 511 g/mol. The highest BCUT2D eigenvalue weighted by atomic mass is 32.2. The summed E-state index contributed by atoms with van der Waals surface area (Å²) in [6.07, 6.45) is -1.48. The van der Waals surface area contributed by atoms with Crippen molar-refractivity contribution >= 4 is 27.0 Å². The van der Waals surface area contributed by atoms with E-state index in [4.69, 9.17) is 0 Å². The summed E-state index contributed by atoms with van der Waals surface area (Å²) in [6.45, 7) is 6.77. The van der Waals surface area contributed by atoms with Crippen LogP contribution in [0.2, 0.25) is 0 Å². The lowest BCUT2D eigenvalue weighted by Gasteiger charge is -2.47. The summed E-state index contributed by atoms with van der Waals surface area (Å²) in [6, 6.07) is 9.69. The van der Waals surface area contributed by atoms with E-state index in [0.717, 1.165) is 26.2 Å². The normalized spacial score (nSPS) is 26.6. The molecule has 2 aliphatic rings. The summed E-state index contributed by atoms with van der Waals surface area (Å²) in [4.78, 5) is 4.52. The largest absolute Gasteiger partial charge is 0.421 e. The molecule has 0 amide bonds. The second kappa shape index (κ2) is 10.2. The molecule has 2 fully saturated rings. The van der Waals surface area contributed by atoms with Gasteiger partial charge < -0.3 is 10.0 Å². The van der Waals surface area contributed by atoms with Gasteiger partial charge >= 0.3 is 6.18 Å². The number of sulfonamides is 1. The van der Waals surface area contributed by atoms with E-state index in [2.05, 4.69) is 23.6 Å². The molecule has 200 valence electrons. The van der Waals surface area contributed by atoms with Gasteiger partial charge in [0, 0.05) is 44.0 Å². The van der Waals surface area contributed by atoms with Crippen molar-refractivity contribution in [3.63, 3.8) is 0 Å². The highest BCUT2D eigenvalue weighted by molar-refractivity contribution is 7.91. The van der Waals surface area contributed by atoms with Crippen molar-refractivity contribution in [2.45, 2.75) is 74.1 Å². The molecule has 11 heteroatoms. The Morgan fingerprint density at radius 2 is 1.69 bits per heavy atom. The average molecular weight is 546 g/mol. The number of likely N-dealkylation sites (tertiary alicyclic amines) is 1. The molecule has 1 aromatic heterocycles. The fraction of sp³-hybridized carbons (Fsp3) is 0.600. The van der Waals surface area contributed by atoms with E-state index in [0.29, 0.717) is 35.1 Å². The van der Waals surface area contributed by atoms with Crippen LogP contribution in [-0.4, -0.2) is 73.2 Å². The Hall–Kier alpha value is -1.66. The number of halogens is 3. The standard InChI is InChI=1S/C25H34F3N3O3S2/c1-18-6-4-7-19(2)31(18)17-22-16-29(36(33,34)23-8-5-15-35-23)13-14-30(22)21-11-9-20(10-12-21)24(3,32)25(26,27)28/h5,8-12,15,18-19,22,32H,4,6-7,13-14,16-17H2,1-3H3/t18?,19?,22-,24-/m1/s1. The van der Waals surface area contributed by atoms with Gasteiger partial charge in [0.05, 0.1) is 6.04 Å². The van der Waals surface area contributed by atoms with E-state index in [1.54, 1.807) is 29.6 Å². The van der Waals surface area contributed by atoms with Crippen molar-refractivity contribution in [3.8, 4) is 0 Å². The fourth-order valence-electron chi connectivity index (χ4n) is 5.30. The first-order chi connectivity index (χ1) is 16.8. The van der Waals surface area contributed by atoms with Crippen LogP contribution in [-0.2, 0) is 15.6 Å². The molecule has 0 radical (unpaired) electrons. The zero-order chi connectivity index (χ0) is 26.3. The molecule has 6 nitrogen and oxygen atoms in total. The molecule has 1 aromatic carbocycles. The summed E-state index contributed by atoms with van der Waals surface area (Å²) < 4.78 is 68.3. The first-order valence-corrected chi connectivity index (χ1v) is 14.6. The quantitative estimate of drug-likeness (QED) is 0.572. The van der Waals surface area contributed by atoms with E-state index in [1.165, 1.54) is 27.8 Å². The molecule has 2 saturated heterocycles. The van der Waals surface area contributed by atoms with Gasteiger partial charge in [-0.25, -0.2) is 8.42 Å². The van der Waals surface area contributed by atoms with Crippen LogP contribution in [0.1, 0.15) is 45.6 Å². The van der Waals surface area contributed by atoms with E-state index in [9.17, 15) is 26.7 Å². The molecule has 36 heavy (non-hydrogen) atoms. The van der Waals surface area contributed by atoms with Crippen LogP contribution < -0.4 is 4.90 Å². The van der Waals surface area contributed by atoms with Crippen LogP contribution in [0.3, 0.4) is 0 Å². The van der Waals surface area contributed by atoms with Gasteiger partial charge in [0.2, 0.25) is 0 Å². The highest BCUT2D eigenvalue weighted by Gasteiger charge is 2.51. The Morgan fingerprint density at radius 3 is 2.25 bits per heavy atom. The van der Waals surface area contributed by atoms with Crippen molar-refractivity contribution in [2.75, 3.05) is 31.1 Å². The number of anilines is 1. The van der Waals surface area contributed by atoms with Gasteiger partial charge in [-0.05, 0) is 62.8 Å². The third-order valence-corrected chi connectivity index (χ3v) is 10.9. The molecule has 2 aliphatic heterocycles. The number of hydrogen-bond donors (Lipinski definition) is 1. The smallest absolute Gasteiger partial charge is 0.376 e. The second-order valence-corrected chi connectivity index (χ2v) is 13.2. The summed E-state index contributed by atoms with van der Waals surface area (Å²) in [7, 11) is -3.62. The number of benzene rings is 1. The maximum Gasteiger partial charge on any atom is 0.421 e. The SMILES string of the molecule is CC1CCCC(C)N1C[C@H]1CN(S(=O)(=O)c2cccs2)CCN1c1ccc([C@@](C)(O)C(F)(F)F)cc1. The number of hydrogen-bond acceptors (Lipinski definition) is 6. The van der Waals surface area contributed by atoms with Gasteiger partial charge in [-0.3, -0.25) is 4.90 Å². The molecule has 0 bridgehead atoms.